The molecule has 0 radical (unpaired) electrons. The molecule has 2 N–H and O–H groups in total. The lowest BCUT2D eigenvalue weighted by Gasteiger charge is -2.02. The van der Waals surface area contributed by atoms with Gasteiger partial charge in [0, 0.05) is 11.2 Å². The van der Waals surface area contributed by atoms with E-state index in [0.717, 1.165) is 5.56 Å². The molecule has 6 nitrogen and oxygen atoms in total. The monoisotopic (exact) mass is 510 g/mol. The number of halogens is 3. The van der Waals surface area contributed by atoms with E-state index < -0.39 is 5.91 Å². The Balaban J connectivity index is 1.61. The highest BCUT2D eigenvalue weighted by atomic mass is 79.9. The Morgan fingerprint density at radius 1 is 1.22 bits per heavy atom. The summed E-state index contributed by atoms with van der Waals surface area (Å²) in [5.74, 6) is -0.319. The first kappa shape index (κ1) is 19.6. The van der Waals surface area contributed by atoms with Gasteiger partial charge in [0.05, 0.1) is 21.7 Å². The number of rotatable bonds is 5. The molecule has 2 aromatic carbocycles. The number of phenolic OH excluding ortho intramolecular Hbond substituents is 1. The molecule has 0 atom stereocenters. The van der Waals surface area contributed by atoms with Crippen LogP contribution in [0.1, 0.15) is 21.6 Å². The van der Waals surface area contributed by atoms with Gasteiger partial charge in [-0.15, -0.1) is 0 Å². The highest BCUT2D eigenvalue weighted by Gasteiger charge is 2.09. The van der Waals surface area contributed by atoms with Crippen LogP contribution in [0.25, 0.3) is 0 Å². The molecule has 27 heavy (non-hydrogen) atoms. The largest absolute Gasteiger partial charge is 0.506 e. The fraction of sp³-hybridized carbons (Fsp3) is 0.0556. The molecule has 0 aliphatic heterocycles. The first-order valence-corrected chi connectivity index (χ1v) is 9.68. The standard InChI is InChI=1S/C18H13Br2ClN4O2/c19-14-7-12(8-15(20)17(14)26)9-22-23-18(27)16-5-6-25(24-16)10-11-1-3-13(21)4-2-11/h1-9,26H,10H2,(H,23,27)/b22-9+. The summed E-state index contributed by atoms with van der Waals surface area (Å²) >= 11 is 12.3. The van der Waals surface area contributed by atoms with E-state index >= 15 is 0 Å². The third kappa shape index (κ3) is 5.18. The number of nitrogens with one attached hydrogen (secondary N) is 1. The van der Waals surface area contributed by atoms with Crippen LogP contribution in [0.4, 0.5) is 0 Å². The summed E-state index contributed by atoms with van der Waals surface area (Å²) < 4.78 is 2.70. The Hall–Kier alpha value is -2.16. The van der Waals surface area contributed by atoms with Crippen molar-refractivity contribution in [2.24, 2.45) is 5.10 Å². The van der Waals surface area contributed by atoms with Crippen molar-refractivity contribution in [1.82, 2.24) is 15.2 Å². The Labute approximate surface area is 177 Å². The first-order chi connectivity index (χ1) is 12.9. The molecule has 0 saturated heterocycles. The van der Waals surface area contributed by atoms with Gasteiger partial charge in [0.2, 0.25) is 0 Å². The van der Waals surface area contributed by atoms with E-state index in [-0.39, 0.29) is 11.4 Å². The molecule has 0 aliphatic carbocycles. The topological polar surface area (TPSA) is 79.5 Å². The fourth-order valence-electron chi connectivity index (χ4n) is 2.23. The molecule has 1 heterocycles. The molecule has 0 aliphatic rings. The van der Waals surface area contributed by atoms with Crippen LogP contribution in [0.2, 0.25) is 5.02 Å². The summed E-state index contributed by atoms with van der Waals surface area (Å²) in [6.07, 6.45) is 3.19. The molecule has 0 bridgehead atoms. The van der Waals surface area contributed by atoms with Crippen LogP contribution in [0, 0.1) is 0 Å². The van der Waals surface area contributed by atoms with E-state index in [1.54, 1.807) is 29.1 Å². The van der Waals surface area contributed by atoms with E-state index in [0.29, 0.717) is 26.1 Å². The molecule has 0 unspecified atom stereocenters. The van der Waals surface area contributed by atoms with Crippen LogP contribution < -0.4 is 5.43 Å². The second kappa shape index (κ2) is 8.69. The minimum Gasteiger partial charge on any atom is -0.506 e. The third-order valence-corrected chi connectivity index (χ3v) is 5.01. The number of carbonyl (C=O) groups excluding carboxylic acids is 1. The lowest BCUT2D eigenvalue weighted by atomic mass is 10.2. The van der Waals surface area contributed by atoms with Crippen molar-refractivity contribution in [2.45, 2.75) is 6.54 Å². The van der Waals surface area contributed by atoms with Gasteiger partial charge >= 0.3 is 0 Å². The van der Waals surface area contributed by atoms with E-state index in [1.165, 1.54) is 6.21 Å². The quantitative estimate of drug-likeness (QED) is 0.388. The lowest BCUT2D eigenvalue weighted by molar-refractivity contribution is 0.0949. The van der Waals surface area contributed by atoms with Crippen molar-refractivity contribution in [3.8, 4) is 5.75 Å². The van der Waals surface area contributed by atoms with E-state index in [2.05, 4.69) is 47.5 Å². The zero-order valence-corrected chi connectivity index (χ0v) is 17.7. The van der Waals surface area contributed by atoms with Gasteiger partial charge in [-0.2, -0.15) is 10.2 Å². The summed E-state index contributed by atoms with van der Waals surface area (Å²) in [4.78, 5) is 12.2. The molecular weight excluding hydrogens is 499 g/mol. The van der Waals surface area contributed by atoms with Gasteiger partial charge in [-0.1, -0.05) is 23.7 Å². The van der Waals surface area contributed by atoms with Crippen molar-refractivity contribution in [2.75, 3.05) is 0 Å². The number of aromatic hydroxyl groups is 1. The number of nitrogens with zero attached hydrogens (tertiary/aromatic N) is 3. The lowest BCUT2D eigenvalue weighted by Crippen LogP contribution is -2.18. The number of amides is 1. The number of hydrogen-bond donors (Lipinski definition) is 2. The van der Waals surface area contributed by atoms with E-state index in [1.807, 2.05) is 24.3 Å². The zero-order chi connectivity index (χ0) is 19.4. The number of carbonyl (C=O) groups is 1. The van der Waals surface area contributed by atoms with Crippen LogP contribution in [0.3, 0.4) is 0 Å². The maximum Gasteiger partial charge on any atom is 0.291 e. The van der Waals surface area contributed by atoms with Gasteiger partial charge in [0.25, 0.3) is 5.91 Å². The second-order valence-corrected chi connectivity index (χ2v) is 7.70. The van der Waals surface area contributed by atoms with Gasteiger partial charge in [-0.3, -0.25) is 9.48 Å². The highest BCUT2D eigenvalue weighted by molar-refractivity contribution is 9.11. The average molecular weight is 513 g/mol. The maximum absolute atomic E-state index is 12.2. The van der Waals surface area contributed by atoms with E-state index in [4.69, 9.17) is 11.6 Å². The smallest absolute Gasteiger partial charge is 0.291 e. The summed E-state index contributed by atoms with van der Waals surface area (Å²) in [7, 11) is 0. The molecule has 3 rings (SSSR count). The number of phenols is 1. The molecule has 1 amide bonds. The Bertz CT molecular complexity index is 980. The van der Waals surface area contributed by atoms with Crippen molar-refractivity contribution in [3.63, 3.8) is 0 Å². The summed E-state index contributed by atoms with van der Waals surface area (Å²) in [5, 5.41) is 18.5. The molecule has 9 heteroatoms. The van der Waals surface area contributed by atoms with Crippen LogP contribution in [0.5, 0.6) is 5.75 Å². The van der Waals surface area contributed by atoms with Gasteiger partial charge in [0.1, 0.15) is 5.75 Å². The Kier molecular flexibility index (Phi) is 6.30. The number of hydrazone groups is 1. The molecule has 138 valence electrons. The van der Waals surface area contributed by atoms with Crippen LogP contribution in [-0.4, -0.2) is 27.0 Å². The molecular formula is C18H13Br2ClN4O2. The van der Waals surface area contributed by atoms with Gasteiger partial charge in [0.15, 0.2) is 5.69 Å². The summed E-state index contributed by atoms with van der Waals surface area (Å²) in [6, 6.07) is 12.4. The average Bonchev–Trinajstić information content (AvgIpc) is 3.10. The van der Waals surface area contributed by atoms with Crippen LogP contribution in [-0.2, 0) is 6.54 Å². The molecule has 0 spiro atoms. The minimum absolute atomic E-state index is 0.0995. The van der Waals surface area contributed by atoms with Crippen molar-refractivity contribution >= 4 is 55.6 Å². The zero-order valence-electron chi connectivity index (χ0n) is 13.7. The predicted molar refractivity (Wildman–Crippen MR) is 111 cm³/mol. The van der Waals surface area contributed by atoms with Gasteiger partial charge in [-0.25, -0.2) is 5.43 Å². The normalized spacial score (nSPS) is 11.1. The van der Waals surface area contributed by atoms with Crippen LogP contribution in [0.15, 0.2) is 62.7 Å². The van der Waals surface area contributed by atoms with Crippen molar-refractivity contribution < 1.29 is 9.90 Å². The highest BCUT2D eigenvalue weighted by Crippen LogP contribution is 2.32. The van der Waals surface area contributed by atoms with Gasteiger partial charge < -0.3 is 5.11 Å². The molecule has 3 aromatic rings. The van der Waals surface area contributed by atoms with Crippen molar-refractivity contribution in [3.05, 3.63) is 79.5 Å². The third-order valence-electron chi connectivity index (χ3n) is 3.55. The van der Waals surface area contributed by atoms with Gasteiger partial charge in [-0.05, 0) is 73.3 Å². The minimum atomic E-state index is -0.419. The second-order valence-electron chi connectivity index (χ2n) is 5.56. The molecule has 0 fully saturated rings. The SMILES string of the molecule is O=C(N/N=C/c1cc(Br)c(O)c(Br)c1)c1ccn(Cc2ccc(Cl)cc2)n1. The number of hydrogen-bond acceptors (Lipinski definition) is 4. The predicted octanol–water partition coefficient (Wildman–Crippen LogP) is 4.58. The molecule has 1 aromatic heterocycles. The first-order valence-electron chi connectivity index (χ1n) is 7.71. The number of benzene rings is 2. The maximum atomic E-state index is 12.2. The number of aromatic nitrogens is 2. The van der Waals surface area contributed by atoms with Crippen LogP contribution >= 0.6 is 43.5 Å². The summed E-state index contributed by atoms with van der Waals surface area (Å²) in [6.45, 7) is 0.531. The summed E-state index contributed by atoms with van der Waals surface area (Å²) in [5.41, 5.74) is 4.41. The Morgan fingerprint density at radius 3 is 2.56 bits per heavy atom. The fourth-order valence-corrected chi connectivity index (χ4v) is 3.58. The van der Waals surface area contributed by atoms with Crippen molar-refractivity contribution in [1.29, 1.82) is 0 Å². The molecule has 0 saturated carbocycles. The Morgan fingerprint density at radius 2 is 1.89 bits per heavy atom. The van der Waals surface area contributed by atoms with E-state index in [9.17, 15) is 9.90 Å².